The summed E-state index contributed by atoms with van der Waals surface area (Å²) in [5.41, 5.74) is 1.76. The topological polar surface area (TPSA) is 9.23 Å². The van der Waals surface area contributed by atoms with Gasteiger partial charge in [0, 0.05) is 16.7 Å². The molecule has 2 aliphatic rings. The molecule has 1 fully saturated rings. The van der Waals surface area contributed by atoms with Crippen LogP contribution in [0.5, 0.6) is 5.75 Å². The van der Waals surface area contributed by atoms with Crippen molar-refractivity contribution < 1.29 is 17.9 Å². The standard InChI is InChI=1S/C25H27F3O/c1-3-4-13-29-20-14-19-18-12-11-17(10-9-16-7-5-15(2)6-8-16)23(26)21(18)22(19)25(28)24(20)27/h9-12,14-16H,3-8,13H2,1-2H3/b10-9+. The molecule has 29 heavy (non-hydrogen) atoms. The highest BCUT2D eigenvalue weighted by Crippen LogP contribution is 2.52. The average molecular weight is 400 g/mol. The van der Waals surface area contributed by atoms with Crippen molar-refractivity contribution in [2.75, 3.05) is 6.61 Å². The molecule has 0 amide bonds. The minimum absolute atomic E-state index is 0.0274. The molecule has 1 nitrogen and oxygen atoms in total. The van der Waals surface area contributed by atoms with Crippen LogP contribution in [0.4, 0.5) is 13.2 Å². The van der Waals surface area contributed by atoms with Crippen LogP contribution < -0.4 is 4.74 Å². The summed E-state index contributed by atoms with van der Waals surface area (Å²) in [5, 5.41) is 0. The number of hydrogen-bond donors (Lipinski definition) is 0. The van der Waals surface area contributed by atoms with E-state index in [1.807, 2.05) is 6.92 Å². The Labute approximate surface area is 170 Å². The number of allylic oxidation sites excluding steroid dienone is 1. The quantitative estimate of drug-likeness (QED) is 0.384. The number of fused-ring (bicyclic) bond motifs is 4. The molecule has 0 aliphatic heterocycles. The lowest BCUT2D eigenvalue weighted by molar-refractivity contribution is 0.289. The third-order valence-electron chi connectivity index (χ3n) is 6.25. The fourth-order valence-corrected chi connectivity index (χ4v) is 4.34. The van der Waals surface area contributed by atoms with Crippen molar-refractivity contribution in [3.8, 4) is 28.0 Å². The molecule has 2 aliphatic carbocycles. The van der Waals surface area contributed by atoms with Crippen LogP contribution >= 0.6 is 0 Å². The van der Waals surface area contributed by atoms with Crippen LogP contribution in [0.3, 0.4) is 0 Å². The van der Waals surface area contributed by atoms with E-state index >= 15 is 4.39 Å². The van der Waals surface area contributed by atoms with Gasteiger partial charge in [-0.15, -0.1) is 0 Å². The average Bonchev–Trinajstić information content (AvgIpc) is 2.70. The highest BCUT2D eigenvalue weighted by atomic mass is 19.2. The van der Waals surface area contributed by atoms with Gasteiger partial charge in [0.15, 0.2) is 11.6 Å². The highest BCUT2D eigenvalue weighted by Gasteiger charge is 2.34. The Bertz CT molecular complexity index is 940. The Kier molecular flexibility index (Phi) is 5.71. The van der Waals surface area contributed by atoms with Crippen LogP contribution in [0.2, 0.25) is 0 Å². The molecule has 1 saturated carbocycles. The summed E-state index contributed by atoms with van der Waals surface area (Å²) in [6, 6.07) is 5.00. The first-order valence-electron chi connectivity index (χ1n) is 10.7. The van der Waals surface area contributed by atoms with E-state index in [4.69, 9.17) is 4.74 Å². The van der Waals surface area contributed by atoms with Crippen molar-refractivity contribution in [2.45, 2.75) is 52.4 Å². The van der Waals surface area contributed by atoms with E-state index in [2.05, 4.69) is 13.0 Å². The molecule has 0 bridgehead atoms. The number of ether oxygens (including phenoxy) is 1. The van der Waals surface area contributed by atoms with Crippen LogP contribution in [0.15, 0.2) is 24.3 Å². The van der Waals surface area contributed by atoms with Crippen LogP contribution in [0.25, 0.3) is 28.3 Å². The molecule has 154 valence electrons. The molecule has 4 heteroatoms. The van der Waals surface area contributed by atoms with Gasteiger partial charge in [-0.2, -0.15) is 4.39 Å². The van der Waals surface area contributed by atoms with Crippen molar-refractivity contribution in [1.82, 2.24) is 0 Å². The highest BCUT2D eigenvalue weighted by molar-refractivity contribution is 6.04. The summed E-state index contributed by atoms with van der Waals surface area (Å²) in [7, 11) is 0. The predicted octanol–water partition coefficient (Wildman–Crippen LogP) is 7.77. The van der Waals surface area contributed by atoms with Gasteiger partial charge in [-0.25, -0.2) is 8.78 Å². The summed E-state index contributed by atoms with van der Waals surface area (Å²) in [6.07, 6.45) is 10.2. The fourth-order valence-electron chi connectivity index (χ4n) is 4.34. The van der Waals surface area contributed by atoms with Gasteiger partial charge in [-0.1, -0.05) is 57.4 Å². The maximum absolute atomic E-state index is 15.1. The Morgan fingerprint density at radius 1 is 0.966 bits per heavy atom. The summed E-state index contributed by atoms with van der Waals surface area (Å²) >= 11 is 0. The SMILES string of the molecule is CCCCOc1cc2c(c(F)c1F)-c1c-2ccc(/C=C/C2CCC(C)CC2)c1F. The second-order valence-corrected chi connectivity index (χ2v) is 8.40. The first-order chi connectivity index (χ1) is 14.0. The molecule has 0 heterocycles. The largest absolute Gasteiger partial charge is 0.490 e. The summed E-state index contributed by atoms with van der Waals surface area (Å²) in [5.74, 6) is -1.42. The number of rotatable bonds is 6. The number of halogens is 3. The van der Waals surface area contributed by atoms with Crippen LogP contribution in [-0.2, 0) is 0 Å². The Morgan fingerprint density at radius 2 is 1.69 bits per heavy atom. The van der Waals surface area contributed by atoms with Crippen LogP contribution in [0, 0.1) is 29.3 Å². The van der Waals surface area contributed by atoms with E-state index in [0.717, 1.165) is 31.6 Å². The second kappa shape index (κ2) is 8.25. The Hall–Kier alpha value is -2.23. The molecule has 0 spiro atoms. The van der Waals surface area contributed by atoms with Gasteiger partial charge in [0.1, 0.15) is 5.82 Å². The third kappa shape index (κ3) is 3.70. The van der Waals surface area contributed by atoms with Gasteiger partial charge in [0.05, 0.1) is 6.61 Å². The fraction of sp³-hybridized carbons (Fsp3) is 0.440. The van der Waals surface area contributed by atoms with E-state index in [-0.39, 0.29) is 16.9 Å². The molecule has 0 radical (unpaired) electrons. The normalized spacial score (nSPS) is 20.3. The van der Waals surface area contributed by atoms with E-state index < -0.39 is 17.5 Å². The van der Waals surface area contributed by atoms with Crippen molar-refractivity contribution in [3.05, 3.63) is 47.3 Å². The summed E-state index contributed by atoms with van der Waals surface area (Å²) in [6.45, 7) is 4.59. The molecule has 0 saturated heterocycles. The Balaban J connectivity index is 1.59. The monoisotopic (exact) mass is 400 g/mol. The minimum Gasteiger partial charge on any atom is -0.490 e. The zero-order chi connectivity index (χ0) is 20.5. The van der Waals surface area contributed by atoms with Crippen LogP contribution in [-0.4, -0.2) is 6.61 Å². The van der Waals surface area contributed by atoms with Crippen molar-refractivity contribution in [3.63, 3.8) is 0 Å². The Morgan fingerprint density at radius 3 is 2.41 bits per heavy atom. The van der Waals surface area contributed by atoms with Gasteiger partial charge in [0.25, 0.3) is 0 Å². The van der Waals surface area contributed by atoms with Crippen molar-refractivity contribution in [2.24, 2.45) is 11.8 Å². The molecule has 0 N–H and O–H groups in total. The maximum atomic E-state index is 15.1. The minimum atomic E-state index is -1.04. The first kappa shape index (κ1) is 20.1. The van der Waals surface area contributed by atoms with Gasteiger partial charge in [-0.3, -0.25) is 0 Å². The molecular formula is C25H27F3O. The predicted molar refractivity (Wildman–Crippen MR) is 111 cm³/mol. The van der Waals surface area contributed by atoms with Gasteiger partial charge in [0.2, 0.25) is 5.82 Å². The first-order valence-corrected chi connectivity index (χ1v) is 10.7. The van der Waals surface area contributed by atoms with E-state index in [1.165, 1.54) is 18.9 Å². The van der Waals surface area contributed by atoms with Crippen molar-refractivity contribution >= 4 is 6.08 Å². The zero-order valence-corrected chi connectivity index (χ0v) is 17.0. The number of hydrogen-bond acceptors (Lipinski definition) is 1. The summed E-state index contributed by atoms with van der Waals surface area (Å²) < 4.78 is 49.6. The van der Waals surface area contributed by atoms with Gasteiger partial charge < -0.3 is 4.74 Å². The molecule has 0 aromatic heterocycles. The zero-order valence-electron chi connectivity index (χ0n) is 17.0. The molecular weight excluding hydrogens is 373 g/mol. The van der Waals surface area contributed by atoms with Gasteiger partial charge in [-0.05, 0) is 48.3 Å². The molecule has 2 aromatic carbocycles. The number of benzene rings is 2. The van der Waals surface area contributed by atoms with E-state index in [0.29, 0.717) is 29.2 Å². The maximum Gasteiger partial charge on any atom is 0.201 e. The second-order valence-electron chi connectivity index (χ2n) is 8.40. The van der Waals surface area contributed by atoms with Crippen molar-refractivity contribution in [1.29, 1.82) is 0 Å². The van der Waals surface area contributed by atoms with Crippen LogP contribution in [0.1, 0.15) is 57.9 Å². The molecule has 0 atom stereocenters. The smallest absolute Gasteiger partial charge is 0.201 e. The molecule has 4 rings (SSSR count). The molecule has 2 aromatic rings. The lowest BCUT2D eigenvalue weighted by Crippen LogP contribution is -2.11. The molecule has 0 unspecified atom stereocenters. The van der Waals surface area contributed by atoms with Gasteiger partial charge >= 0.3 is 0 Å². The summed E-state index contributed by atoms with van der Waals surface area (Å²) in [4.78, 5) is 0. The lowest BCUT2D eigenvalue weighted by Gasteiger charge is -2.27. The van der Waals surface area contributed by atoms with E-state index in [1.54, 1.807) is 18.2 Å². The number of unbranched alkanes of at least 4 members (excludes halogenated alkanes) is 1. The van der Waals surface area contributed by atoms with E-state index in [9.17, 15) is 8.78 Å². The third-order valence-corrected chi connectivity index (χ3v) is 6.25. The lowest BCUT2D eigenvalue weighted by atomic mass is 9.78.